The maximum atomic E-state index is 5.82. The number of ether oxygens (including phenoxy) is 1. The summed E-state index contributed by atoms with van der Waals surface area (Å²) >= 11 is 6.92. The van der Waals surface area contributed by atoms with Crippen molar-refractivity contribution in [3.8, 4) is 5.88 Å². The Bertz CT molecular complexity index is 305. The van der Waals surface area contributed by atoms with E-state index in [2.05, 4.69) is 15.7 Å². The zero-order valence-electron chi connectivity index (χ0n) is 8.07. The maximum absolute atomic E-state index is 5.82. The van der Waals surface area contributed by atoms with Crippen LogP contribution in [0, 0.1) is 5.92 Å². The molecule has 2 atom stereocenters. The predicted octanol–water partition coefficient (Wildman–Crippen LogP) is 3.15. The highest BCUT2D eigenvalue weighted by Gasteiger charge is 2.24. The first kappa shape index (κ1) is 10.2. The van der Waals surface area contributed by atoms with Gasteiger partial charge in [0.25, 0.3) is 5.88 Å². The minimum atomic E-state index is 0.269. The van der Waals surface area contributed by atoms with Gasteiger partial charge in [-0.2, -0.15) is 4.37 Å². The van der Waals surface area contributed by atoms with Crippen LogP contribution in [0.5, 0.6) is 5.88 Å². The van der Waals surface area contributed by atoms with Gasteiger partial charge >= 0.3 is 0 Å². The molecule has 1 fully saturated rings. The van der Waals surface area contributed by atoms with Crippen LogP contribution in [0.15, 0.2) is 0 Å². The minimum absolute atomic E-state index is 0.269. The molecule has 0 aromatic carbocycles. The second kappa shape index (κ2) is 4.45. The molecule has 0 aliphatic heterocycles. The third kappa shape index (κ3) is 2.17. The first-order valence-corrected chi connectivity index (χ1v) is 6.03. The van der Waals surface area contributed by atoms with Gasteiger partial charge in [0.2, 0.25) is 5.15 Å². The smallest absolute Gasteiger partial charge is 0.265 e. The third-order valence-corrected chi connectivity index (χ3v) is 3.58. The van der Waals surface area contributed by atoms with E-state index in [4.69, 9.17) is 16.3 Å². The fourth-order valence-corrected chi connectivity index (χ4v) is 2.46. The topological polar surface area (TPSA) is 35.0 Å². The second-order valence-electron chi connectivity index (χ2n) is 3.78. The molecular formula is C9H13ClN2OS. The van der Waals surface area contributed by atoms with Gasteiger partial charge in [0, 0.05) is 0 Å². The first-order chi connectivity index (χ1) is 6.77. The van der Waals surface area contributed by atoms with Crippen molar-refractivity contribution in [1.82, 2.24) is 8.75 Å². The SMILES string of the molecule is CC1CCCCC1Oc1nsnc1Cl. The van der Waals surface area contributed by atoms with Crippen molar-refractivity contribution in [2.45, 2.75) is 38.7 Å². The summed E-state index contributed by atoms with van der Waals surface area (Å²) in [5.74, 6) is 1.11. The number of rotatable bonds is 2. The minimum Gasteiger partial charge on any atom is -0.471 e. The van der Waals surface area contributed by atoms with Crippen molar-refractivity contribution < 1.29 is 4.74 Å². The van der Waals surface area contributed by atoms with Crippen molar-refractivity contribution in [2.24, 2.45) is 5.92 Å². The Hall–Kier alpha value is -0.350. The molecule has 1 aliphatic rings. The van der Waals surface area contributed by atoms with Crippen LogP contribution in [0.2, 0.25) is 5.15 Å². The summed E-state index contributed by atoms with van der Waals surface area (Å²) in [7, 11) is 0. The van der Waals surface area contributed by atoms with Gasteiger partial charge in [0.05, 0.1) is 11.7 Å². The molecule has 1 aromatic rings. The summed E-state index contributed by atoms with van der Waals surface area (Å²) in [6, 6.07) is 0. The molecule has 0 spiro atoms. The van der Waals surface area contributed by atoms with E-state index in [1.165, 1.54) is 19.3 Å². The van der Waals surface area contributed by atoms with Gasteiger partial charge in [-0.05, 0) is 25.2 Å². The van der Waals surface area contributed by atoms with E-state index < -0.39 is 0 Å². The molecule has 78 valence electrons. The summed E-state index contributed by atoms with van der Waals surface area (Å²) in [4.78, 5) is 0. The molecule has 2 rings (SSSR count). The highest BCUT2D eigenvalue weighted by Crippen LogP contribution is 2.30. The molecule has 0 N–H and O–H groups in total. The second-order valence-corrected chi connectivity index (χ2v) is 4.66. The molecule has 0 amide bonds. The van der Waals surface area contributed by atoms with Gasteiger partial charge < -0.3 is 4.74 Å². The Morgan fingerprint density at radius 2 is 2.14 bits per heavy atom. The molecule has 1 aromatic heterocycles. The van der Waals surface area contributed by atoms with Crippen LogP contribution in [0.3, 0.4) is 0 Å². The molecule has 1 aliphatic carbocycles. The lowest BCUT2D eigenvalue weighted by molar-refractivity contribution is 0.0986. The average molecular weight is 233 g/mol. The lowest BCUT2D eigenvalue weighted by Gasteiger charge is -2.28. The van der Waals surface area contributed by atoms with Crippen LogP contribution in [0.4, 0.5) is 0 Å². The Labute approximate surface area is 92.8 Å². The molecule has 0 radical (unpaired) electrons. The molecule has 0 saturated heterocycles. The maximum Gasteiger partial charge on any atom is 0.265 e. The van der Waals surface area contributed by atoms with Crippen molar-refractivity contribution in [2.75, 3.05) is 0 Å². The summed E-state index contributed by atoms with van der Waals surface area (Å²) in [6.07, 6.45) is 5.16. The molecular weight excluding hydrogens is 220 g/mol. The zero-order chi connectivity index (χ0) is 9.97. The zero-order valence-corrected chi connectivity index (χ0v) is 9.64. The summed E-state index contributed by atoms with van der Waals surface area (Å²) < 4.78 is 13.6. The van der Waals surface area contributed by atoms with E-state index in [-0.39, 0.29) is 6.10 Å². The number of hydrogen-bond donors (Lipinski definition) is 0. The van der Waals surface area contributed by atoms with Crippen LogP contribution in [-0.4, -0.2) is 14.9 Å². The molecule has 2 unspecified atom stereocenters. The van der Waals surface area contributed by atoms with Gasteiger partial charge in [0.1, 0.15) is 6.10 Å². The van der Waals surface area contributed by atoms with E-state index in [1.807, 2.05) is 0 Å². The highest BCUT2D eigenvalue weighted by atomic mass is 35.5. The number of nitrogens with zero attached hydrogens (tertiary/aromatic N) is 2. The van der Waals surface area contributed by atoms with E-state index in [9.17, 15) is 0 Å². The highest BCUT2D eigenvalue weighted by molar-refractivity contribution is 6.99. The van der Waals surface area contributed by atoms with Crippen LogP contribution < -0.4 is 4.74 Å². The normalized spacial score (nSPS) is 27.6. The van der Waals surface area contributed by atoms with Gasteiger partial charge in [-0.3, -0.25) is 0 Å². The van der Waals surface area contributed by atoms with E-state index >= 15 is 0 Å². The van der Waals surface area contributed by atoms with Crippen LogP contribution >= 0.6 is 23.3 Å². The first-order valence-electron chi connectivity index (χ1n) is 4.92. The standard InChI is InChI=1S/C9H13ClN2OS/c1-6-4-2-3-5-7(6)13-9-8(10)11-14-12-9/h6-7H,2-5H2,1H3. The molecule has 14 heavy (non-hydrogen) atoms. The number of hydrogen-bond acceptors (Lipinski definition) is 4. The van der Waals surface area contributed by atoms with E-state index in [0.29, 0.717) is 17.0 Å². The average Bonchev–Trinajstić information content (AvgIpc) is 2.56. The molecule has 3 nitrogen and oxygen atoms in total. The number of aromatic nitrogens is 2. The Morgan fingerprint density at radius 1 is 1.36 bits per heavy atom. The molecule has 1 heterocycles. The van der Waals surface area contributed by atoms with Crippen molar-refractivity contribution in [3.05, 3.63) is 5.15 Å². The van der Waals surface area contributed by atoms with Crippen molar-refractivity contribution in [3.63, 3.8) is 0 Å². The molecule has 5 heteroatoms. The van der Waals surface area contributed by atoms with Gasteiger partial charge in [-0.1, -0.05) is 24.9 Å². The van der Waals surface area contributed by atoms with Crippen LogP contribution in [0.25, 0.3) is 0 Å². The van der Waals surface area contributed by atoms with E-state index in [0.717, 1.165) is 18.1 Å². The Kier molecular flexibility index (Phi) is 3.23. The van der Waals surface area contributed by atoms with Gasteiger partial charge in [-0.15, -0.1) is 4.37 Å². The monoisotopic (exact) mass is 232 g/mol. The van der Waals surface area contributed by atoms with Gasteiger partial charge in [0.15, 0.2) is 0 Å². The van der Waals surface area contributed by atoms with Crippen molar-refractivity contribution >= 4 is 23.3 Å². The lowest BCUT2D eigenvalue weighted by Crippen LogP contribution is -2.28. The van der Waals surface area contributed by atoms with Crippen LogP contribution in [-0.2, 0) is 0 Å². The Balaban J connectivity index is 1.99. The summed E-state index contributed by atoms with van der Waals surface area (Å²) in [5.41, 5.74) is 0. The largest absolute Gasteiger partial charge is 0.471 e. The van der Waals surface area contributed by atoms with Crippen molar-refractivity contribution in [1.29, 1.82) is 0 Å². The fourth-order valence-electron chi connectivity index (χ4n) is 1.84. The van der Waals surface area contributed by atoms with E-state index in [1.54, 1.807) is 0 Å². The predicted molar refractivity (Wildman–Crippen MR) is 57.0 cm³/mol. The lowest BCUT2D eigenvalue weighted by atomic mass is 9.88. The summed E-state index contributed by atoms with van der Waals surface area (Å²) in [6.45, 7) is 2.22. The third-order valence-electron chi connectivity index (χ3n) is 2.72. The van der Waals surface area contributed by atoms with Gasteiger partial charge in [-0.25, -0.2) is 0 Å². The molecule has 0 bridgehead atoms. The van der Waals surface area contributed by atoms with Crippen LogP contribution in [0.1, 0.15) is 32.6 Å². The quantitative estimate of drug-likeness (QED) is 0.786. The number of halogens is 1. The fraction of sp³-hybridized carbons (Fsp3) is 0.778. The summed E-state index contributed by atoms with van der Waals surface area (Å²) in [5, 5.41) is 0.396. The molecule has 1 saturated carbocycles. The Morgan fingerprint density at radius 3 is 2.79 bits per heavy atom.